The lowest BCUT2D eigenvalue weighted by Gasteiger charge is -2.24. The normalized spacial score (nSPS) is 35.3. The number of methoxy groups -OCH3 is 1. The summed E-state index contributed by atoms with van der Waals surface area (Å²) in [5.74, 6) is 0. The van der Waals surface area contributed by atoms with Crippen LogP contribution in [0.25, 0.3) is 0 Å². The van der Waals surface area contributed by atoms with E-state index in [1.54, 1.807) is 7.11 Å². The predicted octanol–water partition coefficient (Wildman–Crippen LogP) is -0.0312. The van der Waals surface area contributed by atoms with Gasteiger partial charge in [0.1, 0.15) is 5.72 Å². The van der Waals surface area contributed by atoms with Gasteiger partial charge in [0.25, 0.3) is 0 Å². The number of ether oxygens (including phenoxy) is 2. The summed E-state index contributed by atoms with van der Waals surface area (Å²) in [4.78, 5) is 0. The van der Waals surface area contributed by atoms with Crippen molar-refractivity contribution in [2.45, 2.75) is 12.1 Å². The average Bonchev–Trinajstić information content (AvgIpc) is 2.36. The lowest BCUT2D eigenvalue weighted by Crippen LogP contribution is -2.45. The van der Waals surface area contributed by atoms with Crippen LogP contribution in [0.5, 0.6) is 0 Å². The average molecular weight is 131 g/mol. The minimum Gasteiger partial charge on any atom is -0.377 e. The summed E-state index contributed by atoms with van der Waals surface area (Å²) < 4.78 is 10.4. The second kappa shape index (κ2) is 2.64. The van der Waals surface area contributed by atoms with Crippen LogP contribution in [0.3, 0.4) is 0 Å². The lowest BCUT2D eigenvalue weighted by atomic mass is 10.2. The topological polar surface area (TPSA) is 30.5 Å². The van der Waals surface area contributed by atoms with E-state index in [4.69, 9.17) is 9.47 Å². The van der Waals surface area contributed by atoms with Gasteiger partial charge in [0.15, 0.2) is 0 Å². The maximum absolute atomic E-state index is 5.21. The SMILES string of the molecule is CNC1(OC)CCOC1. The second-order valence-electron chi connectivity index (χ2n) is 2.25. The van der Waals surface area contributed by atoms with Gasteiger partial charge in [-0.3, -0.25) is 5.32 Å². The molecule has 1 N–H and O–H groups in total. The molecule has 1 aliphatic rings. The first-order valence-corrected chi connectivity index (χ1v) is 3.15. The molecular formula is C6H13NO2. The summed E-state index contributed by atoms with van der Waals surface area (Å²) in [5.41, 5.74) is -0.194. The highest BCUT2D eigenvalue weighted by atomic mass is 16.6. The molecule has 1 atom stereocenters. The fourth-order valence-corrected chi connectivity index (χ4v) is 1.01. The first-order valence-electron chi connectivity index (χ1n) is 3.15. The third-order valence-electron chi connectivity index (χ3n) is 1.83. The van der Waals surface area contributed by atoms with Crippen molar-refractivity contribution in [3.05, 3.63) is 0 Å². The van der Waals surface area contributed by atoms with Crippen molar-refractivity contribution >= 4 is 0 Å². The van der Waals surface area contributed by atoms with E-state index in [9.17, 15) is 0 Å². The van der Waals surface area contributed by atoms with Crippen LogP contribution in [-0.2, 0) is 9.47 Å². The van der Waals surface area contributed by atoms with Crippen LogP contribution in [0.2, 0.25) is 0 Å². The molecule has 3 nitrogen and oxygen atoms in total. The smallest absolute Gasteiger partial charge is 0.144 e. The Morgan fingerprint density at radius 2 is 2.44 bits per heavy atom. The molecule has 0 bridgehead atoms. The minimum atomic E-state index is -0.194. The Kier molecular flexibility index (Phi) is 2.05. The van der Waals surface area contributed by atoms with Gasteiger partial charge in [0.2, 0.25) is 0 Å². The maximum Gasteiger partial charge on any atom is 0.144 e. The summed E-state index contributed by atoms with van der Waals surface area (Å²) in [7, 11) is 3.59. The van der Waals surface area contributed by atoms with Crippen LogP contribution < -0.4 is 5.32 Å². The van der Waals surface area contributed by atoms with Gasteiger partial charge < -0.3 is 9.47 Å². The van der Waals surface area contributed by atoms with E-state index in [0.29, 0.717) is 6.61 Å². The quantitative estimate of drug-likeness (QED) is 0.534. The third-order valence-corrected chi connectivity index (χ3v) is 1.83. The van der Waals surface area contributed by atoms with E-state index in [2.05, 4.69) is 5.32 Å². The first-order chi connectivity index (χ1) is 4.33. The molecule has 0 aromatic carbocycles. The molecule has 0 aromatic rings. The van der Waals surface area contributed by atoms with Gasteiger partial charge in [-0.25, -0.2) is 0 Å². The lowest BCUT2D eigenvalue weighted by molar-refractivity contribution is -0.0378. The first kappa shape index (κ1) is 6.99. The largest absolute Gasteiger partial charge is 0.377 e. The second-order valence-corrected chi connectivity index (χ2v) is 2.25. The van der Waals surface area contributed by atoms with Crippen molar-refractivity contribution in [2.75, 3.05) is 27.4 Å². The van der Waals surface area contributed by atoms with Crippen molar-refractivity contribution in [3.63, 3.8) is 0 Å². The van der Waals surface area contributed by atoms with Crippen molar-refractivity contribution in [3.8, 4) is 0 Å². The zero-order chi connectivity index (χ0) is 6.74. The number of rotatable bonds is 2. The van der Waals surface area contributed by atoms with E-state index in [1.165, 1.54) is 0 Å². The standard InChI is InChI=1S/C6H13NO2/c1-7-6(8-2)3-4-9-5-6/h7H,3-5H2,1-2H3. The van der Waals surface area contributed by atoms with Gasteiger partial charge in [0, 0.05) is 13.5 Å². The number of nitrogens with one attached hydrogen (secondary N) is 1. The Labute approximate surface area is 55.3 Å². The molecule has 0 radical (unpaired) electrons. The van der Waals surface area contributed by atoms with E-state index >= 15 is 0 Å². The molecule has 1 unspecified atom stereocenters. The van der Waals surface area contributed by atoms with Crippen LogP contribution in [-0.4, -0.2) is 33.1 Å². The number of hydrogen-bond acceptors (Lipinski definition) is 3. The highest BCUT2D eigenvalue weighted by Gasteiger charge is 2.32. The van der Waals surface area contributed by atoms with Gasteiger partial charge >= 0.3 is 0 Å². The summed E-state index contributed by atoms with van der Waals surface area (Å²) in [6, 6.07) is 0. The molecule has 0 aromatic heterocycles. The van der Waals surface area contributed by atoms with Crippen LogP contribution in [0.1, 0.15) is 6.42 Å². The van der Waals surface area contributed by atoms with E-state index in [-0.39, 0.29) is 5.72 Å². The highest BCUT2D eigenvalue weighted by Crippen LogP contribution is 2.17. The summed E-state index contributed by atoms with van der Waals surface area (Å²) in [6.07, 6.45) is 0.944. The Balaban J connectivity index is 2.45. The molecule has 0 saturated carbocycles. The molecule has 0 amide bonds. The monoisotopic (exact) mass is 131 g/mol. The Morgan fingerprint density at radius 3 is 2.67 bits per heavy atom. The number of hydrogen-bond donors (Lipinski definition) is 1. The van der Waals surface area contributed by atoms with Crippen LogP contribution in [0.4, 0.5) is 0 Å². The molecular weight excluding hydrogens is 118 g/mol. The molecule has 0 aliphatic carbocycles. The Morgan fingerprint density at radius 1 is 1.67 bits per heavy atom. The molecule has 3 heteroatoms. The van der Waals surface area contributed by atoms with Crippen molar-refractivity contribution in [1.29, 1.82) is 0 Å². The predicted molar refractivity (Wildman–Crippen MR) is 34.2 cm³/mol. The van der Waals surface area contributed by atoms with Crippen LogP contribution in [0.15, 0.2) is 0 Å². The third kappa shape index (κ3) is 1.23. The Hall–Kier alpha value is -0.120. The molecule has 1 fully saturated rings. The summed E-state index contributed by atoms with van der Waals surface area (Å²) in [6.45, 7) is 1.47. The summed E-state index contributed by atoms with van der Waals surface area (Å²) in [5, 5.41) is 3.08. The van der Waals surface area contributed by atoms with Crippen molar-refractivity contribution in [2.24, 2.45) is 0 Å². The highest BCUT2D eigenvalue weighted by molar-refractivity contribution is 4.79. The zero-order valence-corrected chi connectivity index (χ0v) is 5.94. The van der Waals surface area contributed by atoms with Gasteiger partial charge in [-0.15, -0.1) is 0 Å². The van der Waals surface area contributed by atoms with Crippen LogP contribution in [0, 0.1) is 0 Å². The molecule has 9 heavy (non-hydrogen) atoms. The molecule has 1 rings (SSSR count). The maximum atomic E-state index is 5.21. The van der Waals surface area contributed by atoms with Gasteiger partial charge in [-0.1, -0.05) is 0 Å². The molecule has 1 aliphatic heterocycles. The van der Waals surface area contributed by atoms with E-state index < -0.39 is 0 Å². The van der Waals surface area contributed by atoms with Crippen molar-refractivity contribution < 1.29 is 9.47 Å². The van der Waals surface area contributed by atoms with Gasteiger partial charge in [-0.05, 0) is 7.05 Å². The molecule has 1 saturated heterocycles. The van der Waals surface area contributed by atoms with E-state index in [1.807, 2.05) is 7.05 Å². The fourth-order valence-electron chi connectivity index (χ4n) is 1.01. The zero-order valence-electron chi connectivity index (χ0n) is 5.94. The molecule has 0 spiro atoms. The van der Waals surface area contributed by atoms with Crippen molar-refractivity contribution in [1.82, 2.24) is 5.32 Å². The minimum absolute atomic E-state index is 0.194. The fraction of sp³-hybridized carbons (Fsp3) is 1.00. The van der Waals surface area contributed by atoms with Gasteiger partial charge in [0.05, 0.1) is 13.2 Å². The number of likely N-dealkylation sites (N-methyl/N-ethyl adjacent to an activating group) is 1. The summed E-state index contributed by atoms with van der Waals surface area (Å²) >= 11 is 0. The molecule has 1 heterocycles. The van der Waals surface area contributed by atoms with Crippen LogP contribution >= 0.6 is 0 Å². The van der Waals surface area contributed by atoms with E-state index in [0.717, 1.165) is 13.0 Å². The van der Waals surface area contributed by atoms with Gasteiger partial charge in [-0.2, -0.15) is 0 Å². The molecule has 54 valence electrons. The Bertz CT molecular complexity index is 83.1.